The minimum atomic E-state index is 0.152. The molecular weight excluding hydrogens is 280 g/mol. The molecule has 1 saturated heterocycles. The van der Waals surface area contributed by atoms with Crippen LogP contribution >= 0.6 is 15.9 Å². The first-order valence-electron chi connectivity index (χ1n) is 6.15. The van der Waals surface area contributed by atoms with Gasteiger partial charge in [-0.2, -0.15) is 0 Å². The van der Waals surface area contributed by atoms with Gasteiger partial charge in [0.05, 0.1) is 12.2 Å². The second-order valence-electron chi connectivity index (χ2n) is 4.50. The Morgan fingerprint density at radius 2 is 1.94 bits per heavy atom. The molecule has 1 aromatic carbocycles. The zero-order chi connectivity index (χ0) is 12.1. The molecule has 17 heavy (non-hydrogen) atoms. The van der Waals surface area contributed by atoms with Crippen LogP contribution in [-0.4, -0.2) is 24.6 Å². The molecule has 1 aromatic rings. The Labute approximate surface area is 111 Å². The number of halogens is 1. The summed E-state index contributed by atoms with van der Waals surface area (Å²) in [7, 11) is 0. The van der Waals surface area contributed by atoms with E-state index in [1.165, 1.54) is 11.1 Å². The van der Waals surface area contributed by atoms with Crippen molar-refractivity contribution in [2.24, 2.45) is 0 Å². The maximum Gasteiger partial charge on any atom is 0.0925 e. The first-order chi connectivity index (χ1) is 8.29. The summed E-state index contributed by atoms with van der Waals surface area (Å²) in [5, 5.41) is 0.841. The smallest absolute Gasteiger partial charge is 0.0925 e. The molecule has 1 aliphatic heterocycles. The molecule has 0 bridgehead atoms. The summed E-state index contributed by atoms with van der Waals surface area (Å²) in [5.41, 5.74) is 2.53. The average Bonchev–Trinajstić information content (AvgIpc) is 2.38. The van der Waals surface area contributed by atoms with Crippen LogP contribution < -0.4 is 0 Å². The van der Waals surface area contributed by atoms with Gasteiger partial charge in [0, 0.05) is 18.5 Å². The van der Waals surface area contributed by atoms with Gasteiger partial charge in [-0.15, -0.1) is 0 Å². The Hall–Kier alpha value is -0.380. The number of rotatable bonds is 4. The van der Waals surface area contributed by atoms with Crippen molar-refractivity contribution in [2.45, 2.75) is 32.0 Å². The van der Waals surface area contributed by atoms with Crippen molar-refractivity contribution in [2.75, 3.05) is 18.5 Å². The molecule has 1 atom stereocenters. The van der Waals surface area contributed by atoms with E-state index in [0.29, 0.717) is 6.10 Å². The molecule has 0 radical (unpaired) electrons. The number of ether oxygens (including phenoxy) is 2. The van der Waals surface area contributed by atoms with E-state index in [1.54, 1.807) is 0 Å². The molecule has 1 aliphatic rings. The normalized spacial score (nSPS) is 19.2. The predicted octanol–water partition coefficient (Wildman–Crippen LogP) is 3.63. The minimum absolute atomic E-state index is 0.152. The first kappa shape index (κ1) is 13.1. The predicted molar refractivity (Wildman–Crippen MR) is 72.6 cm³/mol. The Kier molecular flexibility index (Phi) is 5.01. The summed E-state index contributed by atoms with van der Waals surface area (Å²) in [6.45, 7) is 3.76. The molecule has 1 fully saturated rings. The van der Waals surface area contributed by atoms with Crippen molar-refractivity contribution in [3.63, 3.8) is 0 Å². The molecule has 0 aromatic heterocycles. The highest BCUT2D eigenvalue weighted by Gasteiger charge is 2.19. The topological polar surface area (TPSA) is 18.5 Å². The molecule has 94 valence electrons. The van der Waals surface area contributed by atoms with Crippen LogP contribution in [0.3, 0.4) is 0 Å². The van der Waals surface area contributed by atoms with Crippen molar-refractivity contribution in [3.8, 4) is 0 Å². The summed E-state index contributed by atoms with van der Waals surface area (Å²) < 4.78 is 11.5. The number of aryl methyl sites for hydroxylation is 1. The summed E-state index contributed by atoms with van der Waals surface area (Å²) in [4.78, 5) is 0. The van der Waals surface area contributed by atoms with Crippen LogP contribution in [0.5, 0.6) is 0 Å². The highest BCUT2D eigenvalue weighted by Crippen LogP contribution is 2.25. The number of hydrogen-bond acceptors (Lipinski definition) is 2. The van der Waals surface area contributed by atoms with E-state index in [1.807, 2.05) is 0 Å². The highest BCUT2D eigenvalue weighted by molar-refractivity contribution is 9.09. The van der Waals surface area contributed by atoms with Gasteiger partial charge >= 0.3 is 0 Å². The second-order valence-corrected chi connectivity index (χ2v) is 5.15. The van der Waals surface area contributed by atoms with Gasteiger partial charge in [-0.1, -0.05) is 45.8 Å². The van der Waals surface area contributed by atoms with Gasteiger partial charge in [-0.25, -0.2) is 0 Å². The molecule has 0 N–H and O–H groups in total. The van der Waals surface area contributed by atoms with Gasteiger partial charge in [-0.3, -0.25) is 0 Å². The van der Waals surface area contributed by atoms with Crippen LogP contribution in [0.1, 0.15) is 30.1 Å². The van der Waals surface area contributed by atoms with Crippen molar-refractivity contribution in [1.82, 2.24) is 0 Å². The third-order valence-corrected chi connectivity index (χ3v) is 3.70. The molecule has 2 nitrogen and oxygen atoms in total. The van der Waals surface area contributed by atoms with Crippen molar-refractivity contribution in [3.05, 3.63) is 35.4 Å². The molecule has 0 spiro atoms. The number of alkyl halides is 1. The average molecular weight is 299 g/mol. The van der Waals surface area contributed by atoms with E-state index in [0.717, 1.165) is 31.4 Å². The summed E-state index contributed by atoms with van der Waals surface area (Å²) in [6, 6.07) is 8.58. The SMILES string of the molecule is Cc1ccc(C(CBr)OC2CCOCC2)cc1. The maximum atomic E-state index is 6.14. The molecule has 0 saturated carbocycles. The molecule has 1 heterocycles. The Bertz CT molecular complexity index is 331. The standard InChI is InChI=1S/C14H19BrO2/c1-11-2-4-12(5-3-11)14(10-15)17-13-6-8-16-9-7-13/h2-5,13-14H,6-10H2,1H3. The molecular formula is C14H19BrO2. The van der Waals surface area contributed by atoms with Crippen molar-refractivity contribution < 1.29 is 9.47 Å². The summed E-state index contributed by atoms with van der Waals surface area (Å²) in [5.74, 6) is 0. The highest BCUT2D eigenvalue weighted by atomic mass is 79.9. The number of benzene rings is 1. The largest absolute Gasteiger partial charge is 0.381 e. The van der Waals surface area contributed by atoms with Crippen LogP contribution in [0.25, 0.3) is 0 Å². The van der Waals surface area contributed by atoms with Gasteiger partial charge in [0.1, 0.15) is 0 Å². The van der Waals surface area contributed by atoms with Crippen LogP contribution in [0, 0.1) is 6.92 Å². The molecule has 1 unspecified atom stereocenters. The van der Waals surface area contributed by atoms with E-state index in [-0.39, 0.29) is 6.10 Å². The van der Waals surface area contributed by atoms with Gasteiger partial charge in [0.25, 0.3) is 0 Å². The van der Waals surface area contributed by atoms with E-state index in [4.69, 9.17) is 9.47 Å². The fourth-order valence-corrected chi connectivity index (χ4v) is 2.56. The third kappa shape index (κ3) is 3.80. The van der Waals surface area contributed by atoms with Crippen LogP contribution in [-0.2, 0) is 9.47 Å². The quantitative estimate of drug-likeness (QED) is 0.791. The van der Waals surface area contributed by atoms with E-state index < -0.39 is 0 Å². The lowest BCUT2D eigenvalue weighted by atomic mass is 10.1. The van der Waals surface area contributed by atoms with Crippen molar-refractivity contribution in [1.29, 1.82) is 0 Å². The van der Waals surface area contributed by atoms with E-state index in [9.17, 15) is 0 Å². The van der Waals surface area contributed by atoms with E-state index >= 15 is 0 Å². The minimum Gasteiger partial charge on any atom is -0.381 e. The van der Waals surface area contributed by atoms with Gasteiger partial charge in [-0.05, 0) is 25.3 Å². The van der Waals surface area contributed by atoms with Gasteiger partial charge < -0.3 is 9.47 Å². The molecule has 0 amide bonds. The summed E-state index contributed by atoms with van der Waals surface area (Å²) >= 11 is 3.54. The van der Waals surface area contributed by atoms with Crippen LogP contribution in [0.2, 0.25) is 0 Å². The van der Waals surface area contributed by atoms with Crippen molar-refractivity contribution >= 4 is 15.9 Å². The van der Waals surface area contributed by atoms with Gasteiger partial charge in [0.15, 0.2) is 0 Å². The van der Waals surface area contributed by atoms with E-state index in [2.05, 4.69) is 47.1 Å². The van der Waals surface area contributed by atoms with Gasteiger partial charge in [0.2, 0.25) is 0 Å². The maximum absolute atomic E-state index is 6.14. The zero-order valence-electron chi connectivity index (χ0n) is 10.2. The Morgan fingerprint density at radius 1 is 1.29 bits per heavy atom. The van der Waals surface area contributed by atoms with Crippen LogP contribution in [0.15, 0.2) is 24.3 Å². The molecule has 0 aliphatic carbocycles. The molecule has 2 rings (SSSR count). The number of hydrogen-bond donors (Lipinski definition) is 0. The Morgan fingerprint density at radius 3 is 2.53 bits per heavy atom. The zero-order valence-corrected chi connectivity index (χ0v) is 11.8. The van der Waals surface area contributed by atoms with Crippen LogP contribution in [0.4, 0.5) is 0 Å². The lowest BCUT2D eigenvalue weighted by Crippen LogP contribution is -2.25. The fourth-order valence-electron chi connectivity index (χ4n) is 2.03. The Balaban J connectivity index is 1.97. The molecule has 3 heteroatoms. The summed E-state index contributed by atoms with van der Waals surface area (Å²) in [6.07, 6.45) is 2.51. The third-order valence-electron chi connectivity index (χ3n) is 3.11. The fraction of sp³-hybridized carbons (Fsp3) is 0.571. The second kappa shape index (κ2) is 6.53. The monoisotopic (exact) mass is 298 g/mol. The first-order valence-corrected chi connectivity index (χ1v) is 7.27. The lowest BCUT2D eigenvalue weighted by molar-refractivity contribution is -0.0616. The lowest BCUT2D eigenvalue weighted by Gasteiger charge is -2.27.